The molecule has 5 rings (SSSR count). The van der Waals surface area contributed by atoms with Crippen LogP contribution in [0.5, 0.6) is 0 Å². The largest absolute Gasteiger partial charge is 0.437 e. The molecule has 0 bridgehead atoms. The van der Waals surface area contributed by atoms with Gasteiger partial charge < -0.3 is 8.84 Å². The molecule has 1 aliphatic carbocycles. The molecule has 1 aliphatic rings. The fraction of sp³-hybridized carbons (Fsp3) is 0.310. The second kappa shape index (κ2) is 9.85. The minimum Gasteiger partial charge on any atom is -0.398 e. The zero-order valence-electron chi connectivity index (χ0n) is 20.9. The third-order valence-corrected chi connectivity index (χ3v) is 12.5. The van der Waals surface area contributed by atoms with E-state index in [-0.39, 0.29) is 17.7 Å². The molecular weight excluding hydrogens is 488 g/mol. The van der Waals surface area contributed by atoms with E-state index in [4.69, 9.17) is 20.4 Å². The van der Waals surface area contributed by atoms with Crippen molar-refractivity contribution in [1.29, 1.82) is 0 Å². The van der Waals surface area contributed by atoms with E-state index in [0.717, 1.165) is 17.9 Å². The first-order valence-corrected chi connectivity index (χ1v) is 14.7. The van der Waals surface area contributed by atoms with Crippen molar-refractivity contribution in [3.63, 3.8) is 0 Å². The average molecular weight is 519 g/mol. The van der Waals surface area contributed by atoms with Gasteiger partial charge in [0.25, 0.3) is 8.32 Å². The Morgan fingerprint density at radius 2 is 1.50 bits per heavy atom. The second-order valence-corrected chi connectivity index (χ2v) is 15.3. The minimum absolute atomic E-state index is 0.0311. The molecule has 3 aromatic carbocycles. The number of nitrogens with zero attached hydrogens (tertiary/aromatic N) is 2. The van der Waals surface area contributed by atoms with Crippen LogP contribution >= 0.6 is 11.6 Å². The predicted molar refractivity (Wildman–Crippen MR) is 146 cm³/mol. The maximum absolute atomic E-state index is 12.7. The average Bonchev–Trinajstić information content (AvgIpc) is 3.20. The summed E-state index contributed by atoms with van der Waals surface area (Å²) < 4.78 is 14.0. The summed E-state index contributed by atoms with van der Waals surface area (Å²) in [6.07, 6.45) is 1.70. The first-order chi connectivity index (χ1) is 17.3. The van der Waals surface area contributed by atoms with E-state index in [9.17, 15) is 4.79 Å². The van der Waals surface area contributed by atoms with E-state index in [0.29, 0.717) is 11.8 Å². The number of benzene rings is 3. The van der Waals surface area contributed by atoms with Crippen molar-refractivity contribution in [1.82, 2.24) is 9.78 Å². The molecular formula is C29H31ClN2O3Si. The highest BCUT2D eigenvalue weighted by atomic mass is 35.5. The Hall–Kier alpha value is -2.93. The number of hydrogen-bond acceptors (Lipinski definition) is 4. The Balaban J connectivity index is 1.39. The zero-order chi connectivity index (χ0) is 25.3. The van der Waals surface area contributed by atoms with Crippen molar-refractivity contribution in [2.75, 3.05) is 0 Å². The normalized spacial score (nSPS) is 18.1. The molecule has 0 atom stereocenters. The van der Waals surface area contributed by atoms with E-state index in [1.54, 1.807) is 0 Å². The van der Waals surface area contributed by atoms with Crippen molar-refractivity contribution >= 4 is 30.3 Å². The lowest BCUT2D eigenvalue weighted by Crippen LogP contribution is -2.66. The maximum Gasteiger partial charge on any atom is 0.437 e. The predicted octanol–water partition coefficient (Wildman–Crippen LogP) is 5.69. The molecule has 1 heterocycles. The van der Waals surface area contributed by atoms with Gasteiger partial charge in [0.05, 0.1) is 6.04 Å². The number of aromatic nitrogens is 2. The molecule has 0 radical (unpaired) electrons. The Kier molecular flexibility index (Phi) is 6.77. The van der Waals surface area contributed by atoms with Gasteiger partial charge in [-0.15, -0.1) is 5.10 Å². The third kappa shape index (κ3) is 4.61. The van der Waals surface area contributed by atoms with Gasteiger partial charge in [0.15, 0.2) is 0 Å². The highest BCUT2D eigenvalue weighted by molar-refractivity contribution is 6.99. The lowest BCUT2D eigenvalue weighted by Gasteiger charge is -2.42. The molecule has 186 valence electrons. The summed E-state index contributed by atoms with van der Waals surface area (Å²) in [4.78, 5) is 12.7. The lowest BCUT2D eigenvalue weighted by molar-refractivity contribution is 0.233. The molecule has 0 amide bonds. The van der Waals surface area contributed by atoms with Crippen LogP contribution in [0.1, 0.15) is 57.0 Å². The van der Waals surface area contributed by atoms with E-state index in [1.807, 2.05) is 24.3 Å². The Bertz CT molecular complexity index is 1320. The molecule has 7 heteroatoms. The van der Waals surface area contributed by atoms with E-state index in [2.05, 4.69) is 86.5 Å². The lowest BCUT2D eigenvalue weighted by atomic mass is 9.76. The highest BCUT2D eigenvalue weighted by Gasteiger charge is 2.50. The Morgan fingerprint density at radius 1 is 0.944 bits per heavy atom. The van der Waals surface area contributed by atoms with Gasteiger partial charge in [-0.2, -0.15) is 4.68 Å². The van der Waals surface area contributed by atoms with Crippen molar-refractivity contribution in [2.45, 2.75) is 57.2 Å². The topological polar surface area (TPSA) is 57.3 Å². The molecule has 0 saturated heterocycles. The summed E-state index contributed by atoms with van der Waals surface area (Å²) in [5.41, 5.74) is 1.24. The summed E-state index contributed by atoms with van der Waals surface area (Å²) in [6, 6.07) is 28.8. The van der Waals surface area contributed by atoms with Gasteiger partial charge >= 0.3 is 5.76 Å². The molecule has 4 aromatic rings. The van der Waals surface area contributed by atoms with Gasteiger partial charge in [-0.3, -0.25) is 0 Å². The maximum atomic E-state index is 12.7. The van der Waals surface area contributed by atoms with Crippen molar-refractivity contribution in [3.05, 3.63) is 112 Å². The van der Waals surface area contributed by atoms with Crippen molar-refractivity contribution in [2.24, 2.45) is 0 Å². The third-order valence-electron chi connectivity index (χ3n) is 7.24. The summed E-state index contributed by atoms with van der Waals surface area (Å²) in [5, 5.41) is 7.47. The van der Waals surface area contributed by atoms with Crippen LogP contribution in [0.2, 0.25) is 10.1 Å². The zero-order valence-corrected chi connectivity index (χ0v) is 22.6. The van der Waals surface area contributed by atoms with Gasteiger partial charge in [0.2, 0.25) is 5.89 Å². The monoisotopic (exact) mass is 518 g/mol. The Morgan fingerprint density at radius 3 is 2.03 bits per heavy atom. The summed E-state index contributed by atoms with van der Waals surface area (Å²) in [6.45, 7) is 6.81. The molecule has 1 saturated carbocycles. The van der Waals surface area contributed by atoms with Crippen LogP contribution in [0.25, 0.3) is 0 Å². The molecule has 5 nitrogen and oxygen atoms in total. The van der Waals surface area contributed by atoms with Crippen LogP contribution < -0.4 is 16.1 Å². The first-order valence-electron chi connectivity index (χ1n) is 12.4. The molecule has 36 heavy (non-hydrogen) atoms. The second-order valence-electron chi connectivity index (χ2n) is 10.5. The summed E-state index contributed by atoms with van der Waals surface area (Å²) in [5.74, 6) is 0.297. The van der Waals surface area contributed by atoms with Crippen LogP contribution in [-0.4, -0.2) is 18.1 Å². The van der Waals surface area contributed by atoms with Gasteiger partial charge in [-0.25, -0.2) is 4.79 Å². The van der Waals surface area contributed by atoms with Crippen LogP contribution in [0.3, 0.4) is 0 Å². The molecule has 1 aromatic heterocycles. The standard InChI is InChI=1S/C29H31ClN2O3Si/c1-29(2,3)36(25-10-6-4-7-11-25,26-12-8-5-9-13-26)34-20-27-31-32(28(33)35-27)24-18-22(19-24)21-14-16-23(30)17-15-21/h4-17,22,24H,18-20H2,1-3H3/t22-,24-. The number of halogens is 1. The summed E-state index contributed by atoms with van der Waals surface area (Å²) in [7, 11) is -2.74. The van der Waals surface area contributed by atoms with Crippen LogP contribution in [-0.2, 0) is 11.0 Å². The molecule has 0 unspecified atom stereocenters. The fourth-order valence-electron chi connectivity index (χ4n) is 5.34. The van der Waals surface area contributed by atoms with E-state index >= 15 is 0 Å². The first kappa shape index (κ1) is 24.7. The molecule has 1 fully saturated rings. The minimum atomic E-state index is -2.74. The van der Waals surface area contributed by atoms with Gasteiger partial charge in [-0.1, -0.05) is 105 Å². The molecule has 0 spiro atoms. The SMILES string of the molecule is CC(C)(C)[Si](OCc1nn([C@H]2C[C@H](c3ccc(Cl)cc3)C2)c(=O)o1)(c1ccccc1)c1ccccc1. The summed E-state index contributed by atoms with van der Waals surface area (Å²) >= 11 is 6.02. The van der Waals surface area contributed by atoms with Crippen LogP contribution in [0, 0.1) is 0 Å². The molecule has 0 aliphatic heterocycles. The van der Waals surface area contributed by atoms with Gasteiger partial charge in [0.1, 0.15) is 6.61 Å². The van der Waals surface area contributed by atoms with E-state index in [1.165, 1.54) is 20.6 Å². The van der Waals surface area contributed by atoms with Gasteiger partial charge in [-0.05, 0) is 51.9 Å². The number of rotatable bonds is 7. The smallest absolute Gasteiger partial charge is 0.398 e. The van der Waals surface area contributed by atoms with Gasteiger partial charge in [0, 0.05) is 5.02 Å². The fourth-order valence-corrected chi connectivity index (χ4v) is 9.97. The van der Waals surface area contributed by atoms with Crippen LogP contribution in [0.15, 0.2) is 94.1 Å². The highest BCUT2D eigenvalue weighted by Crippen LogP contribution is 2.44. The molecule has 0 N–H and O–H groups in total. The van der Waals surface area contributed by atoms with E-state index < -0.39 is 14.1 Å². The quantitative estimate of drug-likeness (QED) is 0.295. The Labute approximate surface area is 217 Å². The van der Waals surface area contributed by atoms with Crippen LogP contribution in [0.4, 0.5) is 0 Å². The van der Waals surface area contributed by atoms with Crippen molar-refractivity contribution in [3.8, 4) is 0 Å². The number of hydrogen-bond donors (Lipinski definition) is 0. The van der Waals surface area contributed by atoms with Crippen molar-refractivity contribution < 1.29 is 8.84 Å².